The molecule has 1 N–H and O–H groups in total. The highest BCUT2D eigenvalue weighted by atomic mass is 16.5. The molecule has 1 unspecified atom stereocenters. The van der Waals surface area contributed by atoms with Crippen molar-refractivity contribution in [2.24, 2.45) is 0 Å². The Morgan fingerprint density at radius 3 is 2.71 bits per heavy atom. The summed E-state index contributed by atoms with van der Waals surface area (Å²) >= 11 is 0. The van der Waals surface area contributed by atoms with Crippen molar-refractivity contribution in [1.29, 1.82) is 0 Å². The minimum atomic E-state index is 0.271. The van der Waals surface area contributed by atoms with Crippen LogP contribution in [-0.4, -0.2) is 30.3 Å². The second-order valence-corrected chi connectivity index (χ2v) is 4.94. The van der Waals surface area contributed by atoms with E-state index in [2.05, 4.69) is 27.9 Å². The predicted octanol–water partition coefficient (Wildman–Crippen LogP) is 2.64. The lowest BCUT2D eigenvalue weighted by Crippen LogP contribution is -2.21. The Hall–Kier alpha value is -2.01. The summed E-state index contributed by atoms with van der Waals surface area (Å²) in [6, 6.07) is 6.30. The number of methoxy groups -OCH3 is 2. The lowest BCUT2D eigenvalue weighted by atomic mass is 10.1. The fourth-order valence-corrected chi connectivity index (χ4v) is 2.24. The average molecular weight is 289 g/mol. The van der Waals surface area contributed by atoms with Gasteiger partial charge in [-0.15, -0.1) is 0 Å². The first-order chi connectivity index (χ1) is 10.2. The van der Waals surface area contributed by atoms with Gasteiger partial charge in [0, 0.05) is 25.0 Å². The lowest BCUT2D eigenvalue weighted by molar-refractivity contribution is 0.354. The van der Waals surface area contributed by atoms with Gasteiger partial charge < -0.3 is 19.4 Å². The average Bonchev–Trinajstić information content (AvgIpc) is 3.04. The highest BCUT2D eigenvalue weighted by Crippen LogP contribution is 2.29. The van der Waals surface area contributed by atoms with Crippen LogP contribution >= 0.6 is 0 Å². The van der Waals surface area contributed by atoms with Crippen LogP contribution in [0, 0.1) is 0 Å². The Balaban J connectivity index is 1.83. The Labute approximate surface area is 125 Å². The molecular formula is C16H23N3O2. The number of ether oxygens (including phenoxy) is 2. The van der Waals surface area contributed by atoms with Crippen molar-refractivity contribution in [1.82, 2.24) is 14.9 Å². The van der Waals surface area contributed by atoms with E-state index in [0.717, 1.165) is 31.0 Å². The smallest absolute Gasteiger partial charge is 0.161 e. The zero-order chi connectivity index (χ0) is 15.1. The van der Waals surface area contributed by atoms with Crippen LogP contribution in [-0.2, 0) is 6.54 Å². The third kappa shape index (κ3) is 4.23. The van der Waals surface area contributed by atoms with Gasteiger partial charge in [-0.2, -0.15) is 0 Å². The van der Waals surface area contributed by atoms with Gasteiger partial charge in [-0.3, -0.25) is 0 Å². The van der Waals surface area contributed by atoms with E-state index < -0.39 is 0 Å². The van der Waals surface area contributed by atoms with Crippen LogP contribution in [0.15, 0.2) is 36.9 Å². The molecule has 0 fully saturated rings. The van der Waals surface area contributed by atoms with E-state index in [-0.39, 0.29) is 6.04 Å². The van der Waals surface area contributed by atoms with Gasteiger partial charge in [-0.05, 0) is 37.6 Å². The number of nitrogens with one attached hydrogen (secondary N) is 1. The normalized spacial score (nSPS) is 12.1. The molecule has 114 valence electrons. The third-order valence-corrected chi connectivity index (χ3v) is 3.51. The van der Waals surface area contributed by atoms with E-state index >= 15 is 0 Å². The molecule has 0 aliphatic carbocycles. The van der Waals surface area contributed by atoms with Crippen LogP contribution in [0.4, 0.5) is 0 Å². The third-order valence-electron chi connectivity index (χ3n) is 3.51. The molecule has 1 aromatic heterocycles. The molecular weight excluding hydrogens is 266 g/mol. The standard InChI is InChI=1S/C16H23N3O2/c1-13(18-7-4-9-19-10-8-17-12-19)14-5-6-15(20-2)16(11-14)21-3/h5-6,8,10-13,18H,4,7,9H2,1-3H3. The van der Waals surface area contributed by atoms with Gasteiger partial charge in [0.05, 0.1) is 20.5 Å². The molecule has 0 aliphatic rings. The van der Waals surface area contributed by atoms with E-state index in [9.17, 15) is 0 Å². The minimum Gasteiger partial charge on any atom is -0.493 e. The number of aromatic nitrogens is 2. The van der Waals surface area contributed by atoms with Crippen LogP contribution in [0.25, 0.3) is 0 Å². The molecule has 5 heteroatoms. The van der Waals surface area contributed by atoms with Crippen LogP contribution in [0.3, 0.4) is 0 Å². The molecule has 0 radical (unpaired) electrons. The Morgan fingerprint density at radius 1 is 1.24 bits per heavy atom. The molecule has 0 spiro atoms. The van der Waals surface area contributed by atoms with Crippen LogP contribution in [0.1, 0.15) is 24.9 Å². The Morgan fingerprint density at radius 2 is 2.05 bits per heavy atom. The summed E-state index contributed by atoms with van der Waals surface area (Å²) in [6.45, 7) is 4.08. The van der Waals surface area contributed by atoms with E-state index in [1.54, 1.807) is 20.4 Å². The van der Waals surface area contributed by atoms with Gasteiger partial charge in [0.1, 0.15) is 0 Å². The van der Waals surface area contributed by atoms with Crippen LogP contribution in [0.2, 0.25) is 0 Å². The van der Waals surface area contributed by atoms with E-state index in [1.807, 2.05) is 24.7 Å². The molecule has 21 heavy (non-hydrogen) atoms. The highest BCUT2D eigenvalue weighted by Gasteiger charge is 2.09. The molecule has 5 nitrogen and oxygen atoms in total. The molecule has 0 saturated heterocycles. The lowest BCUT2D eigenvalue weighted by Gasteiger charge is -2.16. The second-order valence-electron chi connectivity index (χ2n) is 4.94. The molecule has 0 bridgehead atoms. The number of rotatable bonds is 8. The molecule has 2 aromatic rings. The molecule has 0 aliphatic heterocycles. The SMILES string of the molecule is COc1ccc(C(C)NCCCn2ccnc2)cc1OC. The summed E-state index contributed by atoms with van der Waals surface area (Å²) < 4.78 is 12.7. The summed E-state index contributed by atoms with van der Waals surface area (Å²) in [7, 11) is 3.31. The van der Waals surface area contributed by atoms with E-state index in [1.165, 1.54) is 5.56 Å². The van der Waals surface area contributed by atoms with E-state index in [0.29, 0.717) is 0 Å². The Bertz CT molecular complexity index is 540. The number of nitrogens with zero attached hydrogens (tertiary/aromatic N) is 2. The van der Waals surface area contributed by atoms with Crippen molar-refractivity contribution < 1.29 is 9.47 Å². The summed E-state index contributed by atoms with van der Waals surface area (Å²) in [6.07, 6.45) is 6.70. The van der Waals surface area contributed by atoms with E-state index in [4.69, 9.17) is 9.47 Å². The fraction of sp³-hybridized carbons (Fsp3) is 0.438. The van der Waals surface area contributed by atoms with Gasteiger partial charge in [-0.1, -0.05) is 6.07 Å². The first kappa shape index (κ1) is 15.4. The number of hydrogen-bond acceptors (Lipinski definition) is 4. The summed E-state index contributed by atoms with van der Waals surface area (Å²) in [5.41, 5.74) is 1.19. The van der Waals surface area contributed by atoms with Crippen molar-refractivity contribution in [3.05, 3.63) is 42.5 Å². The first-order valence-electron chi connectivity index (χ1n) is 7.15. The molecule has 1 atom stereocenters. The zero-order valence-electron chi connectivity index (χ0n) is 12.9. The predicted molar refractivity (Wildman–Crippen MR) is 82.8 cm³/mol. The highest BCUT2D eigenvalue weighted by molar-refractivity contribution is 5.43. The number of benzene rings is 1. The van der Waals surface area contributed by atoms with Gasteiger partial charge in [0.25, 0.3) is 0 Å². The van der Waals surface area contributed by atoms with Gasteiger partial charge >= 0.3 is 0 Å². The first-order valence-corrected chi connectivity index (χ1v) is 7.15. The quantitative estimate of drug-likeness (QED) is 0.759. The fourth-order valence-electron chi connectivity index (χ4n) is 2.24. The van der Waals surface area contributed by atoms with Crippen molar-refractivity contribution in [3.8, 4) is 11.5 Å². The number of imidazole rings is 1. The topological polar surface area (TPSA) is 48.3 Å². The van der Waals surface area contributed by atoms with Crippen molar-refractivity contribution >= 4 is 0 Å². The largest absolute Gasteiger partial charge is 0.493 e. The summed E-state index contributed by atoms with van der Waals surface area (Å²) in [5, 5.41) is 3.52. The maximum absolute atomic E-state index is 5.34. The zero-order valence-corrected chi connectivity index (χ0v) is 12.9. The maximum atomic E-state index is 5.34. The number of aryl methyl sites for hydroxylation is 1. The monoisotopic (exact) mass is 289 g/mol. The second kappa shape index (κ2) is 7.69. The van der Waals surface area contributed by atoms with Gasteiger partial charge in [-0.25, -0.2) is 4.98 Å². The van der Waals surface area contributed by atoms with Crippen molar-refractivity contribution in [2.45, 2.75) is 25.9 Å². The van der Waals surface area contributed by atoms with Crippen LogP contribution in [0.5, 0.6) is 11.5 Å². The van der Waals surface area contributed by atoms with Crippen LogP contribution < -0.4 is 14.8 Å². The minimum absolute atomic E-state index is 0.271. The van der Waals surface area contributed by atoms with Gasteiger partial charge in [0.2, 0.25) is 0 Å². The molecule has 1 aromatic carbocycles. The maximum Gasteiger partial charge on any atom is 0.161 e. The van der Waals surface area contributed by atoms with Crippen molar-refractivity contribution in [3.63, 3.8) is 0 Å². The molecule has 0 amide bonds. The van der Waals surface area contributed by atoms with Crippen molar-refractivity contribution in [2.75, 3.05) is 20.8 Å². The summed E-state index contributed by atoms with van der Waals surface area (Å²) in [5.74, 6) is 1.52. The molecule has 1 heterocycles. The Kier molecular flexibility index (Phi) is 5.63. The number of hydrogen-bond donors (Lipinski definition) is 1. The summed E-state index contributed by atoms with van der Waals surface area (Å²) in [4.78, 5) is 4.04. The molecule has 0 saturated carbocycles. The van der Waals surface area contributed by atoms with Gasteiger partial charge in [0.15, 0.2) is 11.5 Å². The molecule has 2 rings (SSSR count).